The van der Waals surface area contributed by atoms with E-state index in [0.717, 1.165) is 17.4 Å². The van der Waals surface area contributed by atoms with Gasteiger partial charge in [-0.25, -0.2) is 0 Å². The van der Waals surface area contributed by atoms with Gasteiger partial charge in [-0.3, -0.25) is 0 Å². The maximum absolute atomic E-state index is 6.10. The summed E-state index contributed by atoms with van der Waals surface area (Å²) in [7, 11) is 0. The van der Waals surface area contributed by atoms with Crippen molar-refractivity contribution in [3.05, 3.63) is 52.6 Å². The van der Waals surface area contributed by atoms with E-state index < -0.39 is 0 Å². The van der Waals surface area contributed by atoms with Gasteiger partial charge in [0.05, 0.1) is 0 Å². The van der Waals surface area contributed by atoms with Crippen LogP contribution >= 0.6 is 0 Å². The van der Waals surface area contributed by atoms with Gasteiger partial charge in [0.2, 0.25) is 0 Å². The lowest BCUT2D eigenvalue weighted by molar-refractivity contribution is 0.574. The molecule has 3 rings (SSSR count). The lowest BCUT2D eigenvalue weighted by Gasteiger charge is -2.12. The topological polar surface area (TPSA) is 13.1 Å². The van der Waals surface area contributed by atoms with Crippen LogP contribution in [0.5, 0.6) is 0 Å². The number of furan rings is 1. The van der Waals surface area contributed by atoms with Crippen LogP contribution in [-0.4, -0.2) is 0 Å². The molecule has 0 bridgehead atoms. The molecule has 20 heavy (non-hydrogen) atoms. The van der Waals surface area contributed by atoms with Crippen molar-refractivity contribution in [1.29, 1.82) is 0 Å². The summed E-state index contributed by atoms with van der Waals surface area (Å²) >= 11 is 0. The third kappa shape index (κ3) is 2.03. The van der Waals surface area contributed by atoms with Crippen molar-refractivity contribution in [2.45, 2.75) is 27.2 Å². The molecule has 1 unspecified atom stereocenters. The highest BCUT2D eigenvalue weighted by molar-refractivity contribution is 5.93. The molecule has 1 aliphatic rings. The molecule has 1 aromatic heterocycles. The highest BCUT2D eigenvalue weighted by Gasteiger charge is 2.12. The summed E-state index contributed by atoms with van der Waals surface area (Å²) < 4.78 is 6.10. The molecule has 1 heteroatoms. The maximum atomic E-state index is 6.10. The van der Waals surface area contributed by atoms with Crippen LogP contribution in [0.15, 0.2) is 40.8 Å². The highest BCUT2D eigenvalue weighted by atomic mass is 16.3. The molecule has 0 fully saturated rings. The largest absolute Gasteiger partial charge is 0.456 e. The third-order valence-corrected chi connectivity index (χ3v) is 3.91. The first-order valence-electron chi connectivity index (χ1n) is 7.27. The summed E-state index contributed by atoms with van der Waals surface area (Å²) in [5.74, 6) is 0.592. The van der Waals surface area contributed by atoms with Crippen LogP contribution in [0.25, 0.3) is 28.7 Å². The Morgan fingerprint density at radius 3 is 2.75 bits per heavy atom. The summed E-state index contributed by atoms with van der Waals surface area (Å²) in [6, 6.07) is 6.41. The molecule has 2 aromatic rings. The summed E-state index contributed by atoms with van der Waals surface area (Å²) in [4.78, 5) is 0. The molecular formula is C19H20O. The number of allylic oxidation sites excluding steroid dienone is 4. The molecule has 0 aliphatic heterocycles. The summed E-state index contributed by atoms with van der Waals surface area (Å²) in [5, 5.41) is 2.39. The zero-order valence-electron chi connectivity index (χ0n) is 12.3. The van der Waals surface area contributed by atoms with E-state index in [-0.39, 0.29) is 0 Å². The Kier molecular flexibility index (Phi) is 3.35. The van der Waals surface area contributed by atoms with E-state index in [4.69, 9.17) is 4.42 Å². The van der Waals surface area contributed by atoms with E-state index in [0.29, 0.717) is 5.92 Å². The van der Waals surface area contributed by atoms with Gasteiger partial charge in [-0.05, 0) is 37.8 Å². The Morgan fingerprint density at radius 1 is 1.20 bits per heavy atom. The molecule has 0 spiro atoms. The van der Waals surface area contributed by atoms with Crippen molar-refractivity contribution in [2.75, 3.05) is 0 Å². The van der Waals surface area contributed by atoms with Crippen LogP contribution in [0.1, 0.15) is 32.8 Å². The Hall–Kier alpha value is -2.02. The van der Waals surface area contributed by atoms with E-state index in [1.165, 1.54) is 21.7 Å². The average molecular weight is 264 g/mol. The predicted molar refractivity (Wildman–Crippen MR) is 86.6 cm³/mol. The van der Waals surface area contributed by atoms with Crippen LogP contribution in [0.3, 0.4) is 0 Å². The van der Waals surface area contributed by atoms with Gasteiger partial charge >= 0.3 is 0 Å². The molecule has 1 aromatic carbocycles. The van der Waals surface area contributed by atoms with Crippen molar-refractivity contribution < 1.29 is 4.42 Å². The zero-order chi connectivity index (χ0) is 14.1. The van der Waals surface area contributed by atoms with E-state index in [1.807, 2.05) is 13.0 Å². The van der Waals surface area contributed by atoms with Crippen molar-refractivity contribution in [3.63, 3.8) is 0 Å². The fourth-order valence-corrected chi connectivity index (χ4v) is 2.92. The Bertz CT molecular complexity index is 815. The van der Waals surface area contributed by atoms with Crippen LogP contribution in [-0.2, 0) is 0 Å². The minimum absolute atomic E-state index is 0.592. The van der Waals surface area contributed by atoms with Gasteiger partial charge in [0, 0.05) is 16.2 Å². The lowest BCUT2D eigenvalue weighted by Crippen LogP contribution is -2.18. The second-order valence-electron chi connectivity index (χ2n) is 5.38. The Labute approximate surface area is 119 Å². The molecule has 1 nitrogen and oxygen atoms in total. The number of fused-ring (bicyclic) bond motifs is 1. The minimum Gasteiger partial charge on any atom is -0.456 e. The zero-order valence-corrected chi connectivity index (χ0v) is 12.3. The smallest absolute Gasteiger partial charge is 0.143 e. The van der Waals surface area contributed by atoms with Gasteiger partial charge in [-0.2, -0.15) is 0 Å². The fourth-order valence-electron chi connectivity index (χ4n) is 2.92. The summed E-state index contributed by atoms with van der Waals surface area (Å²) in [6.45, 7) is 6.33. The maximum Gasteiger partial charge on any atom is 0.143 e. The lowest BCUT2D eigenvalue weighted by atomic mass is 9.93. The van der Waals surface area contributed by atoms with Crippen molar-refractivity contribution in [1.82, 2.24) is 0 Å². The molecule has 0 saturated carbocycles. The van der Waals surface area contributed by atoms with Gasteiger partial charge in [-0.15, -0.1) is 0 Å². The second kappa shape index (κ2) is 5.16. The van der Waals surface area contributed by atoms with E-state index >= 15 is 0 Å². The van der Waals surface area contributed by atoms with Gasteiger partial charge in [0.15, 0.2) is 0 Å². The molecule has 1 heterocycles. The third-order valence-electron chi connectivity index (χ3n) is 3.91. The normalized spacial score (nSPS) is 20.8. The number of hydrogen-bond donors (Lipinski definition) is 0. The highest BCUT2D eigenvalue weighted by Crippen LogP contribution is 2.28. The predicted octanol–water partition coefficient (Wildman–Crippen LogP) is 4.01. The average Bonchev–Trinajstić information content (AvgIpc) is 2.84. The summed E-state index contributed by atoms with van der Waals surface area (Å²) in [6.07, 6.45) is 12.1. The molecule has 0 radical (unpaired) electrons. The molecule has 102 valence electrons. The first-order valence-corrected chi connectivity index (χ1v) is 7.27. The van der Waals surface area contributed by atoms with Crippen molar-refractivity contribution >= 4 is 28.7 Å². The van der Waals surface area contributed by atoms with Crippen molar-refractivity contribution in [2.24, 2.45) is 5.92 Å². The molecule has 0 saturated heterocycles. The van der Waals surface area contributed by atoms with E-state index in [9.17, 15) is 0 Å². The molecule has 1 atom stereocenters. The molecule has 0 N–H and O–H groups in total. The Balaban J connectivity index is 2.34. The van der Waals surface area contributed by atoms with Gasteiger partial charge in [0.1, 0.15) is 11.0 Å². The first kappa shape index (κ1) is 13.0. The van der Waals surface area contributed by atoms with Gasteiger partial charge in [0.25, 0.3) is 0 Å². The van der Waals surface area contributed by atoms with Crippen LogP contribution < -0.4 is 10.6 Å². The molecular weight excluding hydrogens is 244 g/mol. The number of rotatable bonds is 1. The Morgan fingerprint density at radius 2 is 2.05 bits per heavy atom. The van der Waals surface area contributed by atoms with Crippen LogP contribution in [0.2, 0.25) is 0 Å². The number of para-hydroxylation sites is 1. The second-order valence-corrected chi connectivity index (χ2v) is 5.38. The van der Waals surface area contributed by atoms with E-state index in [1.54, 1.807) is 0 Å². The van der Waals surface area contributed by atoms with Gasteiger partial charge < -0.3 is 4.42 Å². The SMILES string of the molecule is C/C=c1\c(=C/C)oc2c(C3=CC(C)CC=C3)cccc12. The summed E-state index contributed by atoms with van der Waals surface area (Å²) in [5.41, 5.74) is 4.43. The minimum atomic E-state index is 0.592. The van der Waals surface area contributed by atoms with Crippen LogP contribution in [0.4, 0.5) is 0 Å². The quantitative estimate of drug-likeness (QED) is 0.758. The number of benzene rings is 1. The van der Waals surface area contributed by atoms with Gasteiger partial charge in [-0.1, -0.05) is 49.4 Å². The molecule has 1 aliphatic carbocycles. The number of hydrogen-bond acceptors (Lipinski definition) is 1. The van der Waals surface area contributed by atoms with E-state index in [2.05, 4.69) is 56.4 Å². The first-order chi connectivity index (χ1) is 9.74. The van der Waals surface area contributed by atoms with Crippen LogP contribution in [0, 0.1) is 5.92 Å². The fraction of sp³-hybridized carbons (Fsp3) is 0.263. The standard InChI is InChI=1S/C19H20O/c1-4-15-17-11-7-10-16(19(17)20-18(15)5-2)14-9-6-8-13(3)12-14/h4-7,9-13H,8H2,1-3H3/b15-4-,18-5+. The van der Waals surface area contributed by atoms with Crippen molar-refractivity contribution in [3.8, 4) is 0 Å². The monoisotopic (exact) mass is 264 g/mol. The molecule has 0 amide bonds.